The summed E-state index contributed by atoms with van der Waals surface area (Å²) in [5.41, 5.74) is -1.76. The molecule has 0 saturated carbocycles. The second-order valence-electron chi connectivity index (χ2n) is 11.7. The van der Waals surface area contributed by atoms with Crippen LogP contribution < -0.4 is 11.1 Å². The molecule has 1 spiro atoms. The molecule has 3 aromatic rings. The number of halogens is 4. The molecule has 2 aromatic carbocycles. The number of nitrogens with one attached hydrogen (secondary N) is 1. The highest BCUT2D eigenvalue weighted by Crippen LogP contribution is 2.38. The van der Waals surface area contributed by atoms with Crippen molar-refractivity contribution in [3.63, 3.8) is 0 Å². The molecule has 2 fully saturated rings. The van der Waals surface area contributed by atoms with Crippen LogP contribution in [-0.2, 0) is 29.4 Å². The summed E-state index contributed by atoms with van der Waals surface area (Å²) in [5, 5.41) is 2.39. The molecule has 0 bridgehead atoms. The third kappa shape index (κ3) is 5.55. The van der Waals surface area contributed by atoms with Crippen molar-refractivity contribution < 1.29 is 41.2 Å². The second-order valence-corrected chi connectivity index (χ2v) is 11.7. The third-order valence-corrected chi connectivity index (χ3v) is 8.59. The Morgan fingerprint density at radius 2 is 1.69 bits per heavy atom. The van der Waals surface area contributed by atoms with Crippen molar-refractivity contribution in [2.45, 2.75) is 51.0 Å². The number of alkyl halides is 3. The maximum atomic E-state index is 14.4. The van der Waals surface area contributed by atoms with Crippen LogP contribution in [0.5, 0.6) is 0 Å². The second kappa shape index (κ2) is 11.3. The number of nitrogens with zero attached hydrogens (tertiary/aromatic N) is 4. The number of piperidine rings is 1. The first-order valence-electron chi connectivity index (χ1n) is 14.2. The lowest BCUT2D eigenvalue weighted by Gasteiger charge is -2.43. The number of hydrogen-bond acceptors (Lipinski definition) is 6. The normalized spacial score (nSPS) is 17.6. The summed E-state index contributed by atoms with van der Waals surface area (Å²) in [6.07, 6.45) is -4.63. The number of likely N-dealkylation sites (N-methyl/N-ethyl adjacent to an activating group) is 1. The van der Waals surface area contributed by atoms with Crippen LogP contribution in [0, 0.1) is 11.7 Å². The van der Waals surface area contributed by atoms with Crippen LogP contribution in [0.1, 0.15) is 48.2 Å². The number of aryl methyl sites for hydroxylation is 1. The molecule has 0 unspecified atom stereocenters. The Bertz CT molecular complexity index is 1760. The molecule has 5 rings (SSSR count). The van der Waals surface area contributed by atoms with Gasteiger partial charge in [-0.3, -0.25) is 23.9 Å². The summed E-state index contributed by atoms with van der Waals surface area (Å²) in [6.45, 7) is 3.37. The summed E-state index contributed by atoms with van der Waals surface area (Å²) in [6, 6.07) is 4.75. The van der Waals surface area contributed by atoms with E-state index < -0.39 is 70.1 Å². The van der Waals surface area contributed by atoms with Gasteiger partial charge in [0, 0.05) is 33.7 Å². The van der Waals surface area contributed by atoms with Crippen molar-refractivity contribution in [2.75, 3.05) is 20.1 Å². The van der Waals surface area contributed by atoms with E-state index in [9.17, 15) is 41.5 Å². The number of rotatable bonds is 6. The lowest BCUT2D eigenvalue weighted by molar-refractivity contribution is -0.142. The molecule has 1 aromatic heterocycles. The Labute approximate surface area is 254 Å². The van der Waals surface area contributed by atoms with Gasteiger partial charge in [0.25, 0.3) is 11.8 Å². The van der Waals surface area contributed by atoms with Gasteiger partial charge in [0.1, 0.15) is 17.4 Å². The van der Waals surface area contributed by atoms with E-state index in [0.29, 0.717) is 34.9 Å². The van der Waals surface area contributed by atoms with E-state index in [1.807, 2.05) is 0 Å². The molecule has 3 heterocycles. The minimum absolute atomic E-state index is 0.0362. The highest BCUT2D eigenvalue weighted by molar-refractivity contribution is 6.07. The van der Waals surface area contributed by atoms with Crippen LogP contribution in [0.4, 0.5) is 22.4 Å². The van der Waals surface area contributed by atoms with Crippen molar-refractivity contribution in [3.8, 4) is 0 Å². The number of imide groups is 1. The average Bonchev–Trinajstić information content (AvgIpc) is 3.36. The predicted molar refractivity (Wildman–Crippen MR) is 151 cm³/mol. The summed E-state index contributed by atoms with van der Waals surface area (Å²) in [4.78, 5) is 69.0. The van der Waals surface area contributed by atoms with Crippen LogP contribution in [0.3, 0.4) is 0 Å². The van der Waals surface area contributed by atoms with Gasteiger partial charge in [-0.1, -0.05) is 19.9 Å². The zero-order valence-corrected chi connectivity index (χ0v) is 24.9. The Hall–Kier alpha value is -4.69. The number of hydrogen-bond donors (Lipinski definition) is 1. The van der Waals surface area contributed by atoms with E-state index in [1.54, 1.807) is 39.1 Å². The Morgan fingerprint density at radius 3 is 2.31 bits per heavy atom. The number of urea groups is 1. The molecule has 2 aliphatic rings. The van der Waals surface area contributed by atoms with Crippen LogP contribution in [-0.4, -0.2) is 74.7 Å². The molecule has 240 valence electrons. The number of carbonyl (C=O) groups is 4. The van der Waals surface area contributed by atoms with Crippen LogP contribution in [0.2, 0.25) is 0 Å². The van der Waals surface area contributed by atoms with E-state index >= 15 is 0 Å². The number of benzene rings is 2. The first-order chi connectivity index (χ1) is 21.0. The molecule has 45 heavy (non-hydrogen) atoms. The van der Waals surface area contributed by atoms with Gasteiger partial charge in [0.2, 0.25) is 5.91 Å². The van der Waals surface area contributed by atoms with Gasteiger partial charge in [-0.05, 0) is 54.7 Å². The quantitative estimate of drug-likeness (QED) is 0.327. The van der Waals surface area contributed by atoms with Crippen molar-refractivity contribution in [1.29, 1.82) is 0 Å². The van der Waals surface area contributed by atoms with E-state index in [4.69, 9.17) is 4.42 Å². The number of aromatic nitrogens is 1. The summed E-state index contributed by atoms with van der Waals surface area (Å²) in [7, 11) is 2.93. The minimum atomic E-state index is -4.80. The van der Waals surface area contributed by atoms with Gasteiger partial charge in [0.15, 0.2) is 5.58 Å². The van der Waals surface area contributed by atoms with Crippen molar-refractivity contribution in [2.24, 2.45) is 13.0 Å². The molecule has 1 N–H and O–H groups in total. The first-order valence-corrected chi connectivity index (χ1v) is 14.2. The van der Waals surface area contributed by atoms with Gasteiger partial charge in [-0.25, -0.2) is 14.0 Å². The number of oxazole rings is 1. The zero-order chi connectivity index (χ0) is 33.0. The number of amides is 5. The predicted octanol–water partition coefficient (Wildman–Crippen LogP) is 3.50. The topological polar surface area (TPSA) is 125 Å². The van der Waals surface area contributed by atoms with E-state index in [0.717, 1.165) is 4.90 Å². The fourth-order valence-corrected chi connectivity index (χ4v) is 5.94. The largest absolute Gasteiger partial charge is 0.419 e. The summed E-state index contributed by atoms with van der Waals surface area (Å²) in [5.74, 6) is -4.38. The molecule has 2 aliphatic heterocycles. The van der Waals surface area contributed by atoms with Crippen molar-refractivity contribution in [1.82, 2.24) is 24.6 Å². The fourth-order valence-electron chi connectivity index (χ4n) is 5.94. The lowest BCUT2D eigenvalue weighted by Crippen LogP contribution is -2.60. The monoisotopic (exact) mass is 633 g/mol. The van der Waals surface area contributed by atoms with Gasteiger partial charge < -0.3 is 19.5 Å². The van der Waals surface area contributed by atoms with Gasteiger partial charge >= 0.3 is 18.0 Å². The summed E-state index contributed by atoms with van der Waals surface area (Å²) >= 11 is 0. The Balaban J connectivity index is 1.33. The van der Waals surface area contributed by atoms with Crippen LogP contribution in [0.15, 0.2) is 45.6 Å². The smallest absolute Gasteiger partial charge is 0.408 e. The molecule has 5 amide bonds. The highest BCUT2D eigenvalue weighted by atomic mass is 19.4. The Morgan fingerprint density at radius 1 is 1.02 bits per heavy atom. The van der Waals surface area contributed by atoms with Crippen molar-refractivity contribution >= 4 is 34.9 Å². The lowest BCUT2D eigenvalue weighted by atomic mass is 9.85. The molecular weight excluding hydrogens is 602 g/mol. The van der Waals surface area contributed by atoms with Gasteiger partial charge in [-0.2, -0.15) is 13.2 Å². The SMILES string of the molecule is CC(C)[C@@H](NC(=O)c1cc(C(F)(F)F)ccc1F)C(=O)N1CCC2(CC1)C(=O)N(C)C(=O)N2Cc1ccc2oc(=O)n(C)c2c1. The molecular formula is C30H31F4N5O6. The number of fused-ring (bicyclic) bond motifs is 1. The van der Waals surface area contributed by atoms with E-state index in [1.165, 1.54) is 21.4 Å². The van der Waals surface area contributed by atoms with E-state index in [2.05, 4.69) is 5.32 Å². The average molecular weight is 634 g/mol. The van der Waals surface area contributed by atoms with Crippen molar-refractivity contribution in [3.05, 3.63) is 69.5 Å². The highest BCUT2D eigenvalue weighted by Gasteiger charge is 2.57. The third-order valence-electron chi connectivity index (χ3n) is 8.59. The van der Waals surface area contributed by atoms with Crippen LogP contribution in [0.25, 0.3) is 11.1 Å². The number of likely N-dealkylation sites (tertiary alicyclic amines) is 1. The molecule has 0 aliphatic carbocycles. The van der Waals surface area contributed by atoms with E-state index in [-0.39, 0.29) is 32.5 Å². The maximum absolute atomic E-state index is 14.4. The Kier molecular flexibility index (Phi) is 8.00. The maximum Gasteiger partial charge on any atom is 0.419 e. The zero-order valence-electron chi connectivity index (χ0n) is 24.9. The first kappa shape index (κ1) is 31.7. The fraction of sp³-hybridized carbons (Fsp3) is 0.433. The van der Waals surface area contributed by atoms with Gasteiger partial charge in [0.05, 0.1) is 16.6 Å². The van der Waals surface area contributed by atoms with Gasteiger partial charge in [-0.15, -0.1) is 0 Å². The summed E-state index contributed by atoms with van der Waals surface area (Å²) < 4.78 is 60.4. The number of carbonyl (C=O) groups excluding carboxylic acids is 4. The molecule has 0 radical (unpaired) electrons. The minimum Gasteiger partial charge on any atom is -0.408 e. The standard InChI is InChI=1S/C30H31F4N5O6/c1-16(2)23(35-24(40)19-14-18(30(32,33)34)6-7-20(19)31)25(41)38-11-9-29(10-12-38)26(42)37(4)27(43)39(29)15-17-5-8-22-21(13-17)36(3)28(44)45-22/h5-8,13-14,16,23H,9-12,15H2,1-4H3,(H,35,40)/t23-/m1/s1. The molecule has 2 saturated heterocycles. The molecule has 11 nitrogen and oxygen atoms in total. The molecule has 15 heteroatoms. The van der Waals surface area contributed by atoms with Crippen LogP contribution >= 0.6 is 0 Å². The molecule has 1 atom stereocenters.